The Labute approximate surface area is 140 Å². The van der Waals surface area contributed by atoms with Crippen molar-refractivity contribution >= 4 is 29.7 Å². The van der Waals surface area contributed by atoms with Gasteiger partial charge in [0.15, 0.2) is 0 Å². The number of hydrogen-bond donors (Lipinski definition) is 2. The SMILES string of the molecule is NC(=O)OCC1=C(C(=O)[O-])N2C(=O)[C@H](CCO)[C@H]2S1.[Na+]. The molecule has 2 rings (SSSR count). The van der Waals surface area contributed by atoms with Crippen LogP contribution in [0, 0.1) is 5.92 Å². The molecule has 3 N–H and O–H groups in total. The third-order valence-electron chi connectivity index (χ3n) is 2.90. The van der Waals surface area contributed by atoms with E-state index in [0.717, 1.165) is 16.7 Å². The second-order valence-corrected chi connectivity index (χ2v) is 5.21. The van der Waals surface area contributed by atoms with Gasteiger partial charge in [-0.2, -0.15) is 0 Å². The second kappa shape index (κ2) is 6.81. The summed E-state index contributed by atoms with van der Waals surface area (Å²) in [5, 5.41) is 19.5. The molecule has 1 saturated heterocycles. The molecule has 8 nitrogen and oxygen atoms in total. The van der Waals surface area contributed by atoms with Crippen molar-refractivity contribution in [2.75, 3.05) is 13.2 Å². The zero-order chi connectivity index (χ0) is 14.2. The van der Waals surface area contributed by atoms with Crippen LogP contribution >= 0.6 is 11.8 Å². The molecule has 2 amide bonds. The molecule has 0 unspecified atom stereocenters. The zero-order valence-corrected chi connectivity index (χ0v) is 13.5. The van der Waals surface area contributed by atoms with Gasteiger partial charge in [-0.05, 0) is 6.42 Å². The van der Waals surface area contributed by atoms with E-state index in [1.807, 2.05) is 0 Å². The quantitative estimate of drug-likeness (QED) is 0.383. The Kier molecular flexibility index (Phi) is 5.90. The second-order valence-electron chi connectivity index (χ2n) is 4.00. The first-order chi connectivity index (χ1) is 8.97. The van der Waals surface area contributed by atoms with Gasteiger partial charge in [-0.3, -0.25) is 9.69 Å². The number of nitrogens with two attached hydrogens (primary N) is 1. The molecule has 0 aromatic heterocycles. The summed E-state index contributed by atoms with van der Waals surface area (Å²) in [4.78, 5) is 34.7. The van der Waals surface area contributed by atoms with Gasteiger partial charge < -0.3 is 25.5 Å². The number of aliphatic hydroxyl groups is 1. The molecule has 10 heteroatoms. The Morgan fingerprint density at radius 3 is 2.65 bits per heavy atom. The molecule has 2 aliphatic heterocycles. The molecule has 2 atom stereocenters. The van der Waals surface area contributed by atoms with Crippen molar-refractivity contribution in [3.8, 4) is 0 Å². The van der Waals surface area contributed by atoms with Crippen LogP contribution in [0.2, 0.25) is 0 Å². The van der Waals surface area contributed by atoms with Crippen LogP contribution < -0.4 is 40.4 Å². The van der Waals surface area contributed by atoms with E-state index in [4.69, 9.17) is 10.8 Å². The van der Waals surface area contributed by atoms with E-state index in [-0.39, 0.29) is 71.1 Å². The van der Waals surface area contributed by atoms with Crippen LogP contribution in [-0.4, -0.2) is 46.6 Å². The van der Waals surface area contributed by atoms with Gasteiger partial charge in [0.1, 0.15) is 6.61 Å². The number of nitrogens with zero attached hydrogens (tertiary/aromatic N) is 1. The third kappa shape index (κ3) is 2.96. The van der Waals surface area contributed by atoms with E-state index in [2.05, 4.69) is 4.74 Å². The van der Waals surface area contributed by atoms with E-state index in [1.165, 1.54) is 0 Å². The molecule has 0 saturated carbocycles. The van der Waals surface area contributed by atoms with Crippen molar-refractivity contribution in [1.29, 1.82) is 0 Å². The van der Waals surface area contributed by atoms with Crippen LogP contribution in [0.3, 0.4) is 0 Å². The van der Waals surface area contributed by atoms with E-state index in [1.54, 1.807) is 0 Å². The predicted octanol–water partition coefficient (Wildman–Crippen LogP) is -5.04. The van der Waals surface area contributed by atoms with E-state index in [9.17, 15) is 19.5 Å². The Morgan fingerprint density at radius 2 is 2.15 bits per heavy atom. The van der Waals surface area contributed by atoms with Crippen LogP contribution in [0.1, 0.15) is 6.42 Å². The number of carbonyl (C=O) groups is 3. The van der Waals surface area contributed by atoms with Crippen molar-refractivity contribution in [2.45, 2.75) is 11.8 Å². The molecule has 104 valence electrons. The molecular formula is C10H11N2NaO6S. The monoisotopic (exact) mass is 310 g/mol. The van der Waals surface area contributed by atoms with Crippen LogP contribution in [0.5, 0.6) is 0 Å². The first kappa shape index (κ1) is 17.3. The number of primary amides is 1. The van der Waals surface area contributed by atoms with Gasteiger partial charge in [0, 0.05) is 6.61 Å². The number of thioether (sulfide) groups is 1. The van der Waals surface area contributed by atoms with Crippen molar-refractivity contribution in [3.63, 3.8) is 0 Å². The summed E-state index contributed by atoms with van der Waals surface area (Å²) in [6, 6.07) is 0. The van der Waals surface area contributed by atoms with Crippen LogP contribution in [0.15, 0.2) is 10.6 Å². The van der Waals surface area contributed by atoms with Crippen LogP contribution in [0.4, 0.5) is 4.79 Å². The molecule has 0 aromatic carbocycles. The molecule has 0 aromatic rings. The number of fused-ring (bicyclic) bond motifs is 1. The summed E-state index contributed by atoms with van der Waals surface area (Å²) in [7, 11) is 0. The Bertz CT molecular complexity index is 482. The normalized spacial score (nSPS) is 23.9. The maximum atomic E-state index is 11.8. The van der Waals surface area contributed by atoms with Crippen LogP contribution in [-0.2, 0) is 14.3 Å². The van der Waals surface area contributed by atoms with Gasteiger partial charge in [-0.15, -0.1) is 0 Å². The topological polar surface area (TPSA) is 133 Å². The third-order valence-corrected chi connectivity index (χ3v) is 4.28. The number of amides is 2. The van der Waals surface area contributed by atoms with Gasteiger partial charge >= 0.3 is 35.7 Å². The van der Waals surface area contributed by atoms with Gasteiger partial charge in [0.05, 0.1) is 27.9 Å². The number of carboxylic acids is 1. The molecule has 2 aliphatic rings. The van der Waals surface area contributed by atoms with Gasteiger partial charge in [0.25, 0.3) is 0 Å². The van der Waals surface area contributed by atoms with Crippen molar-refractivity contribution < 1.29 is 58.9 Å². The average Bonchev–Trinajstić information content (AvgIpc) is 2.68. The number of carboxylic acid groups (broad SMARTS) is 1. The summed E-state index contributed by atoms with van der Waals surface area (Å²) in [5.41, 5.74) is 4.53. The minimum absolute atomic E-state index is 0. The smallest absolute Gasteiger partial charge is 0.543 e. The van der Waals surface area contributed by atoms with E-state index >= 15 is 0 Å². The molecule has 2 heterocycles. The number of rotatable bonds is 5. The number of carbonyl (C=O) groups excluding carboxylic acids is 3. The predicted molar refractivity (Wildman–Crippen MR) is 61.0 cm³/mol. The van der Waals surface area contributed by atoms with Gasteiger partial charge in [-0.25, -0.2) is 4.79 Å². The summed E-state index contributed by atoms with van der Waals surface area (Å²) in [6.45, 7) is -0.468. The fourth-order valence-electron chi connectivity index (χ4n) is 2.09. The summed E-state index contributed by atoms with van der Waals surface area (Å²) < 4.78 is 4.54. The standard InChI is InChI=1S/C10H12N2O6S.Na/c11-10(17)18-3-5-6(9(15)16)12-7(14)4(1-2-13)8(12)19-5;/h4,8,13H,1-3H2,(H2,11,17)(H,15,16);/q;+1/p-1/t4-,8+;/m0./s1. The number of aliphatic carboxylic acids is 1. The molecule has 0 aliphatic carbocycles. The number of aliphatic hydroxyl groups excluding tert-OH is 1. The zero-order valence-electron chi connectivity index (χ0n) is 10.7. The fraction of sp³-hybridized carbons (Fsp3) is 0.500. The molecule has 0 bridgehead atoms. The first-order valence-electron chi connectivity index (χ1n) is 5.44. The molecular weight excluding hydrogens is 299 g/mol. The molecule has 1 fully saturated rings. The fourth-order valence-corrected chi connectivity index (χ4v) is 3.53. The van der Waals surface area contributed by atoms with E-state index < -0.39 is 18.0 Å². The largest absolute Gasteiger partial charge is 1.00 e. The molecule has 0 spiro atoms. The minimum atomic E-state index is -1.51. The molecule has 0 radical (unpaired) electrons. The Hall–Kier alpha value is -0.740. The van der Waals surface area contributed by atoms with Crippen molar-refractivity contribution in [1.82, 2.24) is 4.90 Å². The van der Waals surface area contributed by atoms with Crippen molar-refractivity contribution in [2.24, 2.45) is 11.7 Å². The number of hydrogen-bond acceptors (Lipinski definition) is 7. The Balaban J connectivity index is 0.00000200. The van der Waals surface area contributed by atoms with E-state index in [0.29, 0.717) is 0 Å². The minimum Gasteiger partial charge on any atom is -0.543 e. The van der Waals surface area contributed by atoms with Gasteiger partial charge in [0.2, 0.25) is 5.91 Å². The molecule has 20 heavy (non-hydrogen) atoms. The Morgan fingerprint density at radius 1 is 1.50 bits per heavy atom. The maximum Gasteiger partial charge on any atom is 1.00 e. The summed E-state index contributed by atoms with van der Waals surface area (Å²) in [6.07, 6.45) is -0.768. The average molecular weight is 310 g/mol. The number of β-lactam (4-membered cyclic amide) rings is 1. The van der Waals surface area contributed by atoms with Crippen LogP contribution in [0.25, 0.3) is 0 Å². The summed E-state index contributed by atoms with van der Waals surface area (Å²) >= 11 is 1.11. The number of ether oxygens (including phenoxy) is 1. The first-order valence-corrected chi connectivity index (χ1v) is 6.32. The van der Waals surface area contributed by atoms with Gasteiger partial charge in [-0.1, -0.05) is 11.8 Å². The van der Waals surface area contributed by atoms with Crippen molar-refractivity contribution in [3.05, 3.63) is 10.6 Å². The summed E-state index contributed by atoms with van der Waals surface area (Å²) in [5.74, 6) is -2.32. The maximum absolute atomic E-state index is 11.8.